The number of rotatable bonds is 7. The maximum atomic E-state index is 11.8. The van der Waals surface area contributed by atoms with Crippen LogP contribution in [0.25, 0.3) is 0 Å². The van der Waals surface area contributed by atoms with Gasteiger partial charge in [-0.05, 0) is 49.1 Å². The molecule has 0 unspecified atom stereocenters. The predicted molar refractivity (Wildman–Crippen MR) is 94.5 cm³/mol. The summed E-state index contributed by atoms with van der Waals surface area (Å²) in [6.45, 7) is 1.35. The number of anilines is 1. The van der Waals surface area contributed by atoms with E-state index in [1.807, 2.05) is 49.6 Å². The Hall–Kier alpha value is -2.47. The molecular weight excluding hydrogens is 326 g/mol. The number of nitrogens with one attached hydrogen (secondary N) is 1. The van der Waals surface area contributed by atoms with E-state index in [1.54, 1.807) is 23.9 Å². The predicted octanol–water partition coefficient (Wildman–Crippen LogP) is 3.28. The summed E-state index contributed by atoms with van der Waals surface area (Å²) in [5, 5.41) is 2.68. The van der Waals surface area contributed by atoms with E-state index in [2.05, 4.69) is 5.32 Å². The smallest absolute Gasteiger partial charge is 0.344 e. The molecule has 2 aromatic rings. The van der Waals surface area contributed by atoms with Gasteiger partial charge >= 0.3 is 5.97 Å². The first-order valence-electron chi connectivity index (χ1n) is 7.36. The summed E-state index contributed by atoms with van der Waals surface area (Å²) in [5.74, 6) is -0.396. The zero-order valence-electron chi connectivity index (χ0n) is 13.6. The zero-order chi connectivity index (χ0) is 17.4. The highest BCUT2D eigenvalue weighted by molar-refractivity contribution is 7.98. The lowest BCUT2D eigenvalue weighted by Gasteiger charge is -2.09. The Morgan fingerprint density at radius 2 is 1.88 bits per heavy atom. The molecule has 0 bridgehead atoms. The largest absolute Gasteiger partial charge is 0.482 e. The van der Waals surface area contributed by atoms with Crippen LogP contribution in [0.3, 0.4) is 0 Å². The van der Waals surface area contributed by atoms with E-state index < -0.39 is 11.9 Å². The minimum atomic E-state index is -0.593. The second kappa shape index (κ2) is 8.98. The lowest BCUT2D eigenvalue weighted by atomic mass is 10.2. The minimum absolute atomic E-state index is 0.237. The third-order valence-corrected chi connectivity index (χ3v) is 3.79. The van der Waals surface area contributed by atoms with Crippen molar-refractivity contribution in [2.75, 3.05) is 24.8 Å². The summed E-state index contributed by atoms with van der Waals surface area (Å²) in [6, 6.07) is 14.8. The first-order chi connectivity index (χ1) is 11.6. The molecule has 2 rings (SSSR count). The van der Waals surface area contributed by atoms with E-state index in [-0.39, 0.29) is 13.2 Å². The van der Waals surface area contributed by atoms with E-state index in [4.69, 9.17) is 9.47 Å². The third-order valence-electron chi connectivity index (χ3n) is 3.06. The van der Waals surface area contributed by atoms with Crippen molar-refractivity contribution in [2.45, 2.75) is 11.8 Å². The average molecular weight is 345 g/mol. The van der Waals surface area contributed by atoms with Gasteiger partial charge in [0, 0.05) is 10.6 Å². The normalized spacial score (nSPS) is 10.1. The van der Waals surface area contributed by atoms with Gasteiger partial charge in [0.15, 0.2) is 13.2 Å². The Morgan fingerprint density at radius 3 is 2.62 bits per heavy atom. The molecule has 0 radical (unpaired) electrons. The minimum Gasteiger partial charge on any atom is -0.482 e. The molecule has 0 aliphatic heterocycles. The van der Waals surface area contributed by atoms with E-state index >= 15 is 0 Å². The first kappa shape index (κ1) is 17.9. The molecule has 0 heterocycles. The summed E-state index contributed by atoms with van der Waals surface area (Å²) in [5.41, 5.74) is 1.70. The van der Waals surface area contributed by atoms with Gasteiger partial charge in [-0.2, -0.15) is 0 Å². The molecule has 0 atom stereocenters. The van der Waals surface area contributed by atoms with Gasteiger partial charge < -0.3 is 14.8 Å². The topological polar surface area (TPSA) is 64.6 Å². The molecule has 0 aromatic heterocycles. The number of hydrogen-bond donors (Lipinski definition) is 1. The van der Waals surface area contributed by atoms with Crippen molar-refractivity contribution in [3.05, 3.63) is 54.1 Å². The molecule has 24 heavy (non-hydrogen) atoms. The molecule has 0 spiro atoms. The molecule has 0 aliphatic carbocycles. The summed E-state index contributed by atoms with van der Waals surface area (Å²) in [6.07, 6.45) is 1.96. The standard InChI is InChI=1S/C18H19NO4S/c1-13-5-3-7-15(9-13)22-12-18(21)23-11-17(20)19-14-6-4-8-16(10-14)24-2/h3-10H,11-12H2,1-2H3,(H,19,20). The Morgan fingerprint density at radius 1 is 1.08 bits per heavy atom. The molecule has 0 aliphatic rings. The molecule has 5 nitrogen and oxygen atoms in total. The highest BCUT2D eigenvalue weighted by atomic mass is 32.2. The summed E-state index contributed by atoms with van der Waals surface area (Å²) in [7, 11) is 0. The highest BCUT2D eigenvalue weighted by Crippen LogP contribution is 2.18. The molecule has 1 N–H and O–H groups in total. The van der Waals surface area contributed by atoms with Gasteiger partial charge in [0.1, 0.15) is 5.75 Å². The van der Waals surface area contributed by atoms with Gasteiger partial charge in [0.05, 0.1) is 0 Å². The molecule has 2 aromatic carbocycles. The fourth-order valence-corrected chi connectivity index (χ4v) is 2.39. The van der Waals surface area contributed by atoms with Crippen LogP contribution in [0.1, 0.15) is 5.56 Å². The second-order valence-corrected chi connectivity index (χ2v) is 5.93. The number of carbonyl (C=O) groups excluding carboxylic acids is 2. The van der Waals surface area contributed by atoms with Crippen molar-refractivity contribution in [1.29, 1.82) is 0 Å². The van der Waals surface area contributed by atoms with Crippen molar-refractivity contribution in [1.82, 2.24) is 0 Å². The SMILES string of the molecule is CSc1cccc(NC(=O)COC(=O)COc2cccc(C)c2)c1. The van der Waals surface area contributed by atoms with Crippen LogP contribution in [0.15, 0.2) is 53.4 Å². The number of thioether (sulfide) groups is 1. The maximum Gasteiger partial charge on any atom is 0.344 e. The molecule has 1 amide bonds. The molecule has 0 saturated heterocycles. The first-order valence-corrected chi connectivity index (χ1v) is 8.58. The zero-order valence-corrected chi connectivity index (χ0v) is 14.4. The summed E-state index contributed by atoms with van der Waals surface area (Å²) < 4.78 is 10.2. The number of aryl methyl sites for hydroxylation is 1. The van der Waals surface area contributed by atoms with Gasteiger partial charge in [-0.25, -0.2) is 4.79 Å². The third kappa shape index (κ3) is 5.96. The lowest BCUT2D eigenvalue weighted by molar-refractivity contribution is -0.149. The van der Waals surface area contributed by atoms with Crippen molar-refractivity contribution in [3.8, 4) is 5.75 Å². The van der Waals surface area contributed by atoms with Gasteiger partial charge in [0.25, 0.3) is 5.91 Å². The number of ether oxygens (including phenoxy) is 2. The fourth-order valence-electron chi connectivity index (χ4n) is 1.93. The van der Waals surface area contributed by atoms with Crippen LogP contribution in [-0.4, -0.2) is 31.3 Å². The quantitative estimate of drug-likeness (QED) is 0.616. The van der Waals surface area contributed by atoms with Crippen LogP contribution in [0, 0.1) is 6.92 Å². The van der Waals surface area contributed by atoms with E-state index in [0.29, 0.717) is 11.4 Å². The van der Waals surface area contributed by atoms with E-state index in [9.17, 15) is 9.59 Å². The summed E-state index contributed by atoms with van der Waals surface area (Å²) >= 11 is 1.58. The number of carbonyl (C=O) groups is 2. The molecular formula is C18H19NO4S. The van der Waals surface area contributed by atoms with Crippen LogP contribution >= 0.6 is 11.8 Å². The number of amides is 1. The van der Waals surface area contributed by atoms with Crippen molar-refractivity contribution >= 4 is 29.3 Å². The fraction of sp³-hybridized carbons (Fsp3) is 0.222. The van der Waals surface area contributed by atoms with Crippen LogP contribution < -0.4 is 10.1 Å². The maximum absolute atomic E-state index is 11.8. The van der Waals surface area contributed by atoms with Crippen molar-refractivity contribution in [3.63, 3.8) is 0 Å². The Labute approximate surface area is 145 Å². The van der Waals surface area contributed by atoms with Crippen LogP contribution in [0.5, 0.6) is 5.75 Å². The van der Waals surface area contributed by atoms with E-state index in [0.717, 1.165) is 10.5 Å². The van der Waals surface area contributed by atoms with Gasteiger partial charge in [-0.1, -0.05) is 18.2 Å². The Balaban J connectivity index is 1.73. The molecule has 0 saturated carbocycles. The molecule has 6 heteroatoms. The molecule has 126 valence electrons. The van der Waals surface area contributed by atoms with Gasteiger partial charge in [-0.3, -0.25) is 4.79 Å². The van der Waals surface area contributed by atoms with Crippen LogP contribution in [0.2, 0.25) is 0 Å². The monoisotopic (exact) mass is 345 g/mol. The van der Waals surface area contributed by atoms with Crippen LogP contribution in [0.4, 0.5) is 5.69 Å². The van der Waals surface area contributed by atoms with Gasteiger partial charge in [-0.15, -0.1) is 11.8 Å². The Kier molecular flexibility index (Phi) is 6.69. The average Bonchev–Trinajstić information content (AvgIpc) is 2.58. The number of hydrogen-bond acceptors (Lipinski definition) is 5. The van der Waals surface area contributed by atoms with Crippen LogP contribution in [-0.2, 0) is 14.3 Å². The van der Waals surface area contributed by atoms with Gasteiger partial charge in [0.2, 0.25) is 0 Å². The van der Waals surface area contributed by atoms with Crippen molar-refractivity contribution in [2.24, 2.45) is 0 Å². The molecule has 0 fully saturated rings. The Bertz CT molecular complexity index is 718. The summed E-state index contributed by atoms with van der Waals surface area (Å²) in [4.78, 5) is 24.5. The van der Waals surface area contributed by atoms with E-state index in [1.165, 1.54) is 0 Å². The number of esters is 1. The highest BCUT2D eigenvalue weighted by Gasteiger charge is 2.09. The number of benzene rings is 2. The lowest BCUT2D eigenvalue weighted by Crippen LogP contribution is -2.23. The van der Waals surface area contributed by atoms with Crippen molar-refractivity contribution < 1.29 is 19.1 Å². The second-order valence-electron chi connectivity index (χ2n) is 5.05.